The van der Waals surface area contributed by atoms with Crippen molar-refractivity contribution in [3.8, 4) is 11.5 Å². The van der Waals surface area contributed by atoms with E-state index in [9.17, 15) is 18.4 Å². The van der Waals surface area contributed by atoms with E-state index in [1.807, 2.05) is 4.90 Å². The molecule has 40 heavy (non-hydrogen) atoms. The second kappa shape index (κ2) is 10.3. The normalized spacial score (nSPS) is 14.4. The van der Waals surface area contributed by atoms with Crippen LogP contribution in [0.1, 0.15) is 38.8 Å². The molecule has 5 rings (SSSR count). The van der Waals surface area contributed by atoms with Gasteiger partial charge in [-0.1, -0.05) is 0 Å². The number of hydrogen-bond donors (Lipinski definition) is 0. The number of fused-ring (bicyclic) bond motifs is 1. The number of ether oxygens (including phenoxy) is 1. The molecule has 0 aliphatic carbocycles. The van der Waals surface area contributed by atoms with Crippen LogP contribution in [0.25, 0.3) is 22.5 Å². The number of halogens is 3. The maximum Gasteiger partial charge on any atom is 0.410 e. The summed E-state index contributed by atoms with van der Waals surface area (Å²) in [5, 5.41) is 6.90. The van der Waals surface area contributed by atoms with E-state index in [0.717, 1.165) is 0 Å². The molecule has 11 nitrogen and oxygen atoms in total. The molecule has 0 spiro atoms. The number of pyridine rings is 1. The summed E-state index contributed by atoms with van der Waals surface area (Å²) in [6.07, 6.45) is -1.90. The topological polar surface area (TPSA) is 112 Å². The molecule has 1 aliphatic heterocycles. The van der Waals surface area contributed by atoms with Gasteiger partial charge in [-0.3, -0.25) is 14.1 Å². The van der Waals surface area contributed by atoms with Gasteiger partial charge in [-0.2, -0.15) is 8.78 Å². The van der Waals surface area contributed by atoms with Gasteiger partial charge in [0.2, 0.25) is 5.89 Å². The molecule has 1 saturated heterocycles. The monoisotopic (exact) mass is 559 g/mol. The van der Waals surface area contributed by atoms with Crippen molar-refractivity contribution >= 4 is 22.8 Å². The number of imidazole rings is 1. The molecule has 1 amide bonds. The zero-order chi connectivity index (χ0) is 28.8. The van der Waals surface area contributed by atoms with Crippen LogP contribution in [0.4, 0.5) is 23.7 Å². The van der Waals surface area contributed by atoms with Gasteiger partial charge in [-0.15, -0.1) is 10.2 Å². The molecule has 1 aromatic carbocycles. The molecule has 4 aromatic rings. The number of aromatic nitrogens is 5. The van der Waals surface area contributed by atoms with E-state index < -0.39 is 29.8 Å². The fraction of sp³-hybridized carbons (Fsp3) is 0.423. The molecule has 1 aliphatic rings. The van der Waals surface area contributed by atoms with Crippen LogP contribution < -0.4 is 10.6 Å². The predicted octanol–water partition coefficient (Wildman–Crippen LogP) is 3.97. The first-order chi connectivity index (χ1) is 18.9. The van der Waals surface area contributed by atoms with Gasteiger partial charge in [0.15, 0.2) is 0 Å². The summed E-state index contributed by atoms with van der Waals surface area (Å²) in [5.41, 5.74) is 1.14. The highest BCUT2D eigenvalue weighted by molar-refractivity contribution is 5.81. The van der Waals surface area contributed by atoms with E-state index in [-0.39, 0.29) is 18.1 Å². The lowest BCUT2D eigenvalue weighted by Gasteiger charge is -2.36. The Kier molecular flexibility index (Phi) is 7.02. The smallest absolute Gasteiger partial charge is 0.410 e. The molecular formula is C26H28F3N7O4. The lowest BCUT2D eigenvalue weighted by atomic mass is 10.2. The number of alkyl halides is 2. The first kappa shape index (κ1) is 27.2. The quantitative estimate of drug-likeness (QED) is 0.361. The second-order valence-electron chi connectivity index (χ2n) is 10.5. The minimum absolute atomic E-state index is 0.0515. The fourth-order valence-corrected chi connectivity index (χ4v) is 4.51. The number of anilines is 1. The molecular weight excluding hydrogens is 531 g/mol. The summed E-state index contributed by atoms with van der Waals surface area (Å²) in [7, 11) is 1.61. The molecule has 4 heterocycles. The predicted molar refractivity (Wildman–Crippen MR) is 139 cm³/mol. The first-order valence-corrected chi connectivity index (χ1v) is 12.6. The van der Waals surface area contributed by atoms with Gasteiger partial charge >= 0.3 is 18.2 Å². The van der Waals surface area contributed by atoms with Gasteiger partial charge in [-0.25, -0.2) is 14.0 Å². The average Bonchev–Trinajstić information content (AvgIpc) is 3.48. The van der Waals surface area contributed by atoms with Crippen LogP contribution in [-0.4, -0.2) is 67.1 Å². The van der Waals surface area contributed by atoms with Gasteiger partial charge in [0.1, 0.15) is 11.4 Å². The van der Waals surface area contributed by atoms with E-state index in [1.54, 1.807) is 50.9 Å². The third kappa shape index (κ3) is 5.38. The van der Waals surface area contributed by atoms with E-state index in [2.05, 4.69) is 15.2 Å². The van der Waals surface area contributed by atoms with Crippen molar-refractivity contribution in [2.75, 3.05) is 31.1 Å². The number of carbonyl (C=O) groups excluding carboxylic acids is 1. The Morgan fingerprint density at radius 2 is 1.82 bits per heavy atom. The number of rotatable bonds is 5. The third-order valence-corrected chi connectivity index (χ3v) is 6.51. The largest absolute Gasteiger partial charge is 0.444 e. The van der Waals surface area contributed by atoms with Crippen LogP contribution >= 0.6 is 0 Å². The van der Waals surface area contributed by atoms with E-state index in [4.69, 9.17) is 9.15 Å². The van der Waals surface area contributed by atoms with Crippen LogP contribution in [0.2, 0.25) is 0 Å². The van der Waals surface area contributed by atoms with Gasteiger partial charge in [0.25, 0.3) is 5.89 Å². The Balaban J connectivity index is 1.35. The second-order valence-corrected chi connectivity index (χ2v) is 10.5. The minimum atomic E-state index is -2.88. The maximum absolute atomic E-state index is 15.4. The lowest BCUT2D eigenvalue weighted by molar-refractivity contribution is 0.0240. The summed E-state index contributed by atoms with van der Waals surface area (Å²) in [5.74, 6) is -1.38. The van der Waals surface area contributed by atoms with E-state index >= 15 is 4.39 Å². The molecule has 0 radical (unpaired) electrons. The average molecular weight is 560 g/mol. The summed E-state index contributed by atoms with van der Waals surface area (Å²) in [6.45, 7) is 7.03. The summed E-state index contributed by atoms with van der Waals surface area (Å²) in [4.78, 5) is 33.2. The van der Waals surface area contributed by atoms with Gasteiger partial charge in [0.05, 0.1) is 34.5 Å². The van der Waals surface area contributed by atoms with Crippen LogP contribution in [-0.2, 0) is 18.3 Å². The highest BCUT2D eigenvalue weighted by atomic mass is 19.3. The van der Waals surface area contributed by atoms with E-state index in [1.165, 1.54) is 21.4 Å². The minimum Gasteiger partial charge on any atom is -0.444 e. The molecule has 212 valence electrons. The number of carbonyl (C=O) groups is 1. The third-order valence-electron chi connectivity index (χ3n) is 6.51. The maximum atomic E-state index is 15.4. The Labute approximate surface area is 226 Å². The van der Waals surface area contributed by atoms with Crippen molar-refractivity contribution < 1.29 is 27.1 Å². The molecule has 0 saturated carbocycles. The Hall–Kier alpha value is -4.36. The number of piperazine rings is 1. The van der Waals surface area contributed by atoms with E-state index in [0.29, 0.717) is 54.2 Å². The zero-order valence-electron chi connectivity index (χ0n) is 22.4. The Morgan fingerprint density at radius 3 is 2.42 bits per heavy atom. The number of benzene rings is 1. The first-order valence-electron chi connectivity index (χ1n) is 12.6. The van der Waals surface area contributed by atoms with Crippen molar-refractivity contribution in [1.82, 2.24) is 29.2 Å². The standard InChI is InChI=1S/C26H28F3N7O4/c1-26(2,3)40-25(38)35-9-7-34(8-10-35)18-12-19-20(11-17(18)27)36(24(37)33(19)4)14-16-6-5-15(13-30-16)22-31-32-23(39-22)21(28)29/h5-6,11-13,21H,7-10,14H2,1-4H3. The van der Waals surface area contributed by atoms with Crippen molar-refractivity contribution in [3.05, 3.63) is 58.3 Å². The van der Waals surface area contributed by atoms with Gasteiger partial charge < -0.3 is 19.0 Å². The Morgan fingerprint density at radius 1 is 1.10 bits per heavy atom. The molecule has 0 N–H and O–H groups in total. The van der Waals surface area contributed by atoms with Crippen LogP contribution in [0.15, 0.2) is 39.7 Å². The molecule has 0 atom stereocenters. The molecule has 3 aromatic heterocycles. The van der Waals surface area contributed by atoms with Crippen LogP contribution in [0.5, 0.6) is 0 Å². The Bertz CT molecular complexity index is 1600. The number of aryl methyl sites for hydroxylation is 1. The van der Waals surface area contributed by atoms with Crippen molar-refractivity contribution in [2.24, 2.45) is 7.05 Å². The van der Waals surface area contributed by atoms with Crippen molar-refractivity contribution in [1.29, 1.82) is 0 Å². The summed E-state index contributed by atoms with van der Waals surface area (Å²) in [6, 6.07) is 6.13. The lowest BCUT2D eigenvalue weighted by Crippen LogP contribution is -2.50. The summed E-state index contributed by atoms with van der Waals surface area (Å²) >= 11 is 0. The molecule has 0 bridgehead atoms. The summed E-state index contributed by atoms with van der Waals surface area (Å²) < 4.78 is 54.0. The van der Waals surface area contributed by atoms with Crippen LogP contribution in [0, 0.1) is 5.82 Å². The van der Waals surface area contributed by atoms with Crippen molar-refractivity contribution in [3.63, 3.8) is 0 Å². The van der Waals surface area contributed by atoms with Crippen molar-refractivity contribution in [2.45, 2.75) is 39.3 Å². The van der Waals surface area contributed by atoms with Gasteiger partial charge in [0, 0.05) is 45.5 Å². The SMILES string of the molecule is Cn1c(=O)n(Cc2ccc(-c3nnc(C(F)F)o3)cn2)c2cc(F)c(N3CCN(C(=O)OC(C)(C)C)CC3)cc21. The number of nitrogens with zero attached hydrogens (tertiary/aromatic N) is 7. The highest BCUT2D eigenvalue weighted by Gasteiger charge is 2.28. The highest BCUT2D eigenvalue weighted by Crippen LogP contribution is 2.28. The number of hydrogen-bond acceptors (Lipinski definition) is 8. The van der Waals surface area contributed by atoms with Gasteiger partial charge in [-0.05, 0) is 39.0 Å². The molecule has 14 heteroatoms. The fourth-order valence-electron chi connectivity index (χ4n) is 4.51. The number of amides is 1. The zero-order valence-corrected chi connectivity index (χ0v) is 22.4. The molecule has 0 unspecified atom stereocenters. The molecule has 1 fully saturated rings. The van der Waals surface area contributed by atoms with Crippen LogP contribution in [0.3, 0.4) is 0 Å².